The number of carboxylic acid groups (broad SMARTS) is 2. The monoisotopic (exact) mass is 235 g/mol. The van der Waals surface area contributed by atoms with Crippen LogP contribution in [0.4, 0.5) is 0 Å². The molecule has 0 saturated carbocycles. The van der Waals surface area contributed by atoms with Gasteiger partial charge in [-0.15, -0.1) is 0 Å². The number of aliphatic carboxylic acids is 2. The minimum Gasteiger partial charge on any atom is -0.481 e. The lowest BCUT2D eigenvalue weighted by Gasteiger charge is -2.05. The smallest absolute Gasteiger partial charge is 0.320 e. The summed E-state index contributed by atoms with van der Waals surface area (Å²) in [5.74, 6) is -0.172. The van der Waals surface area contributed by atoms with E-state index >= 15 is 0 Å². The Kier molecular flexibility index (Phi) is 8.12. The third-order valence-corrected chi connectivity index (χ3v) is 2.92. The number of carboxylic acids is 2. The highest BCUT2D eigenvalue weighted by Crippen LogP contribution is 2.08. The highest BCUT2D eigenvalue weighted by atomic mass is 32.2. The molecule has 5 nitrogen and oxygen atoms in total. The van der Waals surface area contributed by atoms with Gasteiger partial charge in [-0.2, -0.15) is 11.8 Å². The summed E-state index contributed by atoms with van der Waals surface area (Å²) in [6, 6.07) is -0.781. The van der Waals surface area contributed by atoms with Crippen LogP contribution in [0.2, 0.25) is 0 Å². The van der Waals surface area contributed by atoms with E-state index in [0.29, 0.717) is 18.6 Å². The van der Waals surface area contributed by atoms with Crippen LogP contribution in [0.1, 0.15) is 25.7 Å². The van der Waals surface area contributed by atoms with Crippen molar-refractivity contribution in [1.29, 1.82) is 0 Å². The zero-order chi connectivity index (χ0) is 11.7. The van der Waals surface area contributed by atoms with Crippen molar-refractivity contribution in [3.63, 3.8) is 0 Å². The second-order valence-corrected chi connectivity index (χ2v) is 4.42. The molecule has 0 aromatic heterocycles. The van der Waals surface area contributed by atoms with Crippen LogP contribution in [-0.2, 0) is 9.59 Å². The summed E-state index contributed by atoms with van der Waals surface area (Å²) >= 11 is 1.61. The Bertz CT molecular complexity index is 210. The van der Waals surface area contributed by atoms with Gasteiger partial charge < -0.3 is 15.9 Å². The lowest BCUT2D eigenvalue weighted by atomic mass is 10.2. The van der Waals surface area contributed by atoms with Gasteiger partial charge >= 0.3 is 11.9 Å². The molecule has 0 unspecified atom stereocenters. The Labute approximate surface area is 93.0 Å². The first-order valence-electron chi connectivity index (χ1n) is 4.82. The van der Waals surface area contributed by atoms with E-state index in [1.165, 1.54) is 0 Å². The molecular formula is C9H17NO4S. The molecule has 0 radical (unpaired) electrons. The molecular weight excluding hydrogens is 218 g/mol. The minimum atomic E-state index is -0.971. The molecule has 0 fully saturated rings. The van der Waals surface area contributed by atoms with Gasteiger partial charge in [0.05, 0.1) is 0 Å². The quantitative estimate of drug-likeness (QED) is 0.510. The molecule has 0 aromatic carbocycles. The van der Waals surface area contributed by atoms with Crippen LogP contribution < -0.4 is 5.73 Å². The maximum Gasteiger partial charge on any atom is 0.320 e. The van der Waals surface area contributed by atoms with E-state index in [9.17, 15) is 9.59 Å². The molecule has 0 spiro atoms. The number of rotatable bonds is 9. The fourth-order valence-electron chi connectivity index (χ4n) is 0.916. The van der Waals surface area contributed by atoms with Crippen molar-refractivity contribution in [3.05, 3.63) is 0 Å². The van der Waals surface area contributed by atoms with Gasteiger partial charge in [0, 0.05) is 6.42 Å². The highest BCUT2D eigenvalue weighted by molar-refractivity contribution is 7.99. The molecule has 0 aliphatic rings. The maximum absolute atomic E-state index is 10.3. The lowest BCUT2D eigenvalue weighted by molar-refractivity contribution is -0.139. The number of hydrogen-bond acceptors (Lipinski definition) is 4. The van der Waals surface area contributed by atoms with E-state index in [2.05, 4.69) is 0 Å². The van der Waals surface area contributed by atoms with E-state index in [0.717, 1.165) is 12.2 Å². The molecule has 0 aliphatic carbocycles. The molecule has 0 heterocycles. The lowest BCUT2D eigenvalue weighted by Crippen LogP contribution is -2.30. The summed E-state index contributed by atoms with van der Waals surface area (Å²) in [5, 5.41) is 16.8. The van der Waals surface area contributed by atoms with Gasteiger partial charge in [0.15, 0.2) is 0 Å². The molecule has 15 heavy (non-hydrogen) atoms. The Balaban J connectivity index is 3.18. The average Bonchev–Trinajstić information content (AvgIpc) is 2.15. The molecule has 6 heteroatoms. The number of nitrogens with two attached hydrogens (primary N) is 1. The van der Waals surface area contributed by atoms with Crippen LogP contribution in [0, 0.1) is 0 Å². The fraction of sp³-hybridized carbons (Fsp3) is 0.778. The first-order chi connectivity index (χ1) is 7.04. The minimum absolute atomic E-state index is 0.204. The second-order valence-electron chi connectivity index (χ2n) is 3.20. The fourth-order valence-corrected chi connectivity index (χ4v) is 1.95. The number of hydrogen-bond donors (Lipinski definition) is 3. The zero-order valence-electron chi connectivity index (χ0n) is 8.52. The van der Waals surface area contributed by atoms with Crippen molar-refractivity contribution < 1.29 is 19.8 Å². The van der Waals surface area contributed by atoms with Crippen molar-refractivity contribution in [2.45, 2.75) is 31.7 Å². The van der Waals surface area contributed by atoms with E-state index in [1.54, 1.807) is 11.8 Å². The predicted molar refractivity (Wildman–Crippen MR) is 59.0 cm³/mol. The Morgan fingerprint density at radius 3 is 2.40 bits per heavy atom. The van der Waals surface area contributed by atoms with Crippen molar-refractivity contribution in [2.24, 2.45) is 5.73 Å². The van der Waals surface area contributed by atoms with Gasteiger partial charge in [-0.1, -0.05) is 0 Å². The summed E-state index contributed by atoms with van der Waals surface area (Å²) in [6.45, 7) is 0. The molecule has 4 N–H and O–H groups in total. The van der Waals surface area contributed by atoms with E-state index < -0.39 is 18.0 Å². The third-order valence-electron chi connectivity index (χ3n) is 1.82. The van der Waals surface area contributed by atoms with Gasteiger partial charge in [0.25, 0.3) is 0 Å². The largest absolute Gasteiger partial charge is 0.481 e. The topological polar surface area (TPSA) is 101 Å². The second kappa shape index (κ2) is 8.55. The maximum atomic E-state index is 10.3. The molecule has 1 atom stereocenters. The average molecular weight is 235 g/mol. The number of unbranched alkanes of at least 4 members (excludes halogenated alkanes) is 1. The Hall–Kier alpha value is -0.750. The first kappa shape index (κ1) is 14.2. The number of thioether (sulfide) groups is 1. The molecule has 0 aromatic rings. The van der Waals surface area contributed by atoms with Crippen LogP contribution in [0.5, 0.6) is 0 Å². The SMILES string of the molecule is N[C@H](CCSCCCCC(=O)O)C(=O)O. The summed E-state index contributed by atoms with van der Waals surface area (Å²) in [4.78, 5) is 20.5. The van der Waals surface area contributed by atoms with Crippen molar-refractivity contribution in [3.8, 4) is 0 Å². The van der Waals surface area contributed by atoms with E-state index in [1.807, 2.05) is 0 Å². The van der Waals surface area contributed by atoms with Crippen molar-refractivity contribution in [1.82, 2.24) is 0 Å². The Morgan fingerprint density at radius 1 is 1.20 bits per heavy atom. The zero-order valence-corrected chi connectivity index (χ0v) is 9.33. The summed E-state index contributed by atoms with van der Waals surface area (Å²) < 4.78 is 0. The summed E-state index contributed by atoms with van der Waals surface area (Å²) in [5.41, 5.74) is 5.31. The van der Waals surface area contributed by atoms with Crippen LogP contribution in [0.15, 0.2) is 0 Å². The third kappa shape index (κ3) is 9.55. The summed E-state index contributed by atoms with van der Waals surface area (Å²) in [7, 11) is 0. The van der Waals surface area contributed by atoms with Gasteiger partial charge in [0.1, 0.15) is 6.04 Å². The first-order valence-corrected chi connectivity index (χ1v) is 5.97. The molecule has 0 saturated heterocycles. The standard InChI is InChI=1S/C9H17NO4S/c10-7(9(13)14)4-6-15-5-2-1-3-8(11)12/h7H,1-6,10H2,(H,11,12)(H,13,14)/t7-/m1/s1. The molecule has 0 bridgehead atoms. The van der Waals surface area contributed by atoms with Gasteiger partial charge in [-0.3, -0.25) is 9.59 Å². The molecule has 0 aliphatic heterocycles. The van der Waals surface area contributed by atoms with Gasteiger partial charge in [-0.25, -0.2) is 0 Å². The van der Waals surface area contributed by atoms with Crippen LogP contribution >= 0.6 is 11.8 Å². The normalized spacial score (nSPS) is 12.3. The van der Waals surface area contributed by atoms with Crippen molar-refractivity contribution in [2.75, 3.05) is 11.5 Å². The highest BCUT2D eigenvalue weighted by Gasteiger charge is 2.09. The van der Waals surface area contributed by atoms with E-state index in [-0.39, 0.29) is 6.42 Å². The van der Waals surface area contributed by atoms with Crippen LogP contribution in [-0.4, -0.2) is 39.7 Å². The molecule has 0 rings (SSSR count). The summed E-state index contributed by atoms with van der Waals surface area (Å²) in [6.07, 6.45) is 2.18. The predicted octanol–water partition coefficient (Wildman–Crippen LogP) is 0.776. The van der Waals surface area contributed by atoms with Crippen LogP contribution in [0.25, 0.3) is 0 Å². The van der Waals surface area contributed by atoms with Gasteiger partial charge in [0.2, 0.25) is 0 Å². The van der Waals surface area contributed by atoms with Crippen LogP contribution in [0.3, 0.4) is 0 Å². The van der Waals surface area contributed by atoms with E-state index in [4.69, 9.17) is 15.9 Å². The Morgan fingerprint density at radius 2 is 1.87 bits per heavy atom. The number of carbonyl (C=O) groups is 2. The van der Waals surface area contributed by atoms with Crippen molar-refractivity contribution >= 4 is 23.7 Å². The molecule has 88 valence electrons. The van der Waals surface area contributed by atoms with Gasteiger partial charge in [-0.05, 0) is 30.8 Å². The molecule has 0 amide bonds.